The molecule has 4 nitrogen and oxygen atoms in total. The minimum Gasteiger partial charge on any atom is -0.309 e. The first-order valence-corrected chi connectivity index (χ1v) is 16.7. The lowest BCUT2D eigenvalue weighted by Crippen LogP contribution is -1.98. The van der Waals surface area contributed by atoms with Gasteiger partial charge in [0.25, 0.3) is 0 Å². The fourth-order valence-electron chi connectivity index (χ4n) is 8.22. The van der Waals surface area contributed by atoms with Crippen molar-refractivity contribution in [2.45, 2.75) is 0 Å². The highest BCUT2D eigenvalue weighted by atomic mass is 15.0. The molecule has 0 unspecified atom stereocenters. The number of fused-ring (bicyclic) bond motifs is 8. The van der Waals surface area contributed by atoms with Crippen LogP contribution in [0.5, 0.6) is 0 Å². The zero-order chi connectivity index (χ0) is 32.1. The SMILES string of the molecule is c1ccc(-n2c3ccccc3c3cc(-c4cccc(-n5c6cccc7ccc8c9ccccc9n(c9cnccc95)c8c76)c4)ccc32)cc1. The van der Waals surface area contributed by atoms with Crippen molar-refractivity contribution < 1.29 is 0 Å². The van der Waals surface area contributed by atoms with E-state index in [0.717, 1.165) is 22.2 Å². The van der Waals surface area contributed by atoms with Gasteiger partial charge in [-0.15, -0.1) is 0 Å². The second-order valence-electron chi connectivity index (χ2n) is 12.9. The van der Waals surface area contributed by atoms with Crippen molar-refractivity contribution in [2.75, 3.05) is 0 Å². The van der Waals surface area contributed by atoms with Crippen molar-refractivity contribution >= 4 is 70.9 Å². The minimum absolute atomic E-state index is 1.07. The number of hydrogen-bond acceptors (Lipinski definition) is 1. The Labute approximate surface area is 281 Å². The van der Waals surface area contributed by atoms with Crippen LogP contribution in [0.25, 0.3) is 93.4 Å². The zero-order valence-corrected chi connectivity index (χ0v) is 26.5. The molecule has 0 N–H and O–H groups in total. The molecule has 0 aliphatic heterocycles. The van der Waals surface area contributed by atoms with Crippen LogP contribution < -0.4 is 0 Å². The third-order valence-electron chi connectivity index (χ3n) is 10.3. The number of nitrogens with zero attached hydrogens (tertiary/aromatic N) is 4. The molecule has 228 valence electrons. The summed E-state index contributed by atoms with van der Waals surface area (Å²) in [5.74, 6) is 0. The lowest BCUT2D eigenvalue weighted by Gasteiger charge is -2.14. The average molecular weight is 625 g/mol. The van der Waals surface area contributed by atoms with Gasteiger partial charge in [0.05, 0.1) is 44.8 Å². The highest BCUT2D eigenvalue weighted by Gasteiger charge is 2.19. The van der Waals surface area contributed by atoms with Crippen LogP contribution in [-0.4, -0.2) is 18.5 Å². The first kappa shape index (κ1) is 26.4. The van der Waals surface area contributed by atoms with E-state index in [-0.39, 0.29) is 0 Å². The van der Waals surface area contributed by atoms with E-state index in [2.05, 4.69) is 176 Å². The first-order valence-electron chi connectivity index (χ1n) is 16.7. The van der Waals surface area contributed by atoms with Crippen molar-refractivity contribution in [1.29, 1.82) is 0 Å². The van der Waals surface area contributed by atoms with Crippen molar-refractivity contribution in [3.05, 3.63) is 170 Å². The fraction of sp³-hybridized carbons (Fsp3) is 0. The molecule has 0 aliphatic carbocycles. The summed E-state index contributed by atoms with van der Waals surface area (Å²) < 4.78 is 7.20. The fourth-order valence-corrected chi connectivity index (χ4v) is 8.22. The molecule has 0 aliphatic rings. The molecule has 4 heterocycles. The van der Waals surface area contributed by atoms with Gasteiger partial charge < -0.3 is 13.5 Å². The van der Waals surface area contributed by atoms with E-state index in [4.69, 9.17) is 0 Å². The lowest BCUT2D eigenvalue weighted by atomic mass is 10.0. The monoisotopic (exact) mass is 624 g/mol. The Hall–Kier alpha value is -6.65. The van der Waals surface area contributed by atoms with Crippen LogP contribution >= 0.6 is 0 Å². The summed E-state index contributed by atoms with van der Waals surface area (Å²) in [5.41, 5.74) is 12.8. The Morgan fingerprint density at radius 3 is 1.98 bits per heavy atom. The molecule has 0 amide bonds. The zero-order valence-electron chi connectivity index (χ0n) is 26.5. The first-order chi connectivity index (χ1) is 24.3. The van der Waals surface area contributed by atoms with E-state index >= 15 is 0 Å². The maximum Gasteiger partial charge on any atom is 0.0888 e. The second kappa shape index (κ2) is 9.93. The molecule has 7 aromatic carbocycles. The predicted octanol–water partition coefficient (Wildman–Crippen LogP) is 11.5. The van der Waals surface area contributed by atoms with Crippen LogP contribution in [0.15, 0.2) is 170 Å². The average Bonchev–Trinajstić information content (AvgIpc) is 3.64. The van der Waals surface area contributed by atoms with Gasteiger partial charge in [-0.2, -0.15) is 0 Å². The van der Waals surface area contributed by atoms with Gasteiger partial charge in [0, 0.05) is 44.5 Å². The lowest BCUT2D eigenvalue weighted by molar-refractivity contribution is 1.16. The Bertz CT molecular complexity index is 3090. The van der Waals surface area contributed by atoms with Gasteiger partial charge in [-0.25, -0.2) is 0 Å². The second-order valence-corrected chi connectivity index (χ2v) is 12.9. The standard InChI is InChI=1S/C45H28N4/c1-2-12-32(13-3-1)47-38-17-6-5-16-35(38)37-27-31(21-23-40(37)47)30-11-8-14-33(26-30)48-41-24-25-46-28-43(41)49-39-18-7-4-15-34(39)36-22-20-29-10-9-19-42(48)44(29)45(36)49/h1-28H. The largest absolute Gasteiger partial charge is 0.309 e. The molecule has 0 saturated carbocycles. The summed E-state index contributed by atoms with van der Waals surface area (Å²) in [7, 11) is 0. The van der Waals surface area contributed by atoms with E-state index in [1.807, 2.05) is 12.4 Å². The van der Waals surface area contributed by atoms with Crippen LogP contribution in [-0.2, 0) is 0 Å². The third-order valence-corrected chi connectivity index (χ3v) is 10.3. The molecular formula is C45H28N4. The van der Waals surface area contributed by atoms with Crippen molar-refractivity contribution in [1.82, 2.24) is 18.5 Å². The van der Waals surface area contributed by atoms with Crippen LogP contribution in [0.2, 0.25) is 0 Å². The maximum absolute atomic E-state index is 4.66. The van der Waals surface area contributed by atoms with Gasteiger partial charge >= 0.3 is 0 Å². The normalized spacial score (nSPS) is 12.1. The van der Waals surface area contributed by atoms with E-state index in [1.54, 1.807) is 0 Å². The summed E-state index contributed by atoms with van der Waals surface area (Å²) in [5, 5.41) is 7.47. The summed E-state index contributed by atoms with van der Waals surface area (Å²) in [6.07, 6.45) is 3.92. The Kier molecular flexibility index (Phi) is 5.35. The Balaban J connectivity index is 1.20. The smallest absolute Gasteiger partial charge is 0.0888 e. The van der Waals surface area contributed by atoms with Gasteiger partial charge in [-0.3, -0.25) is 4.98 Å². The molecule has 0 bridgehead atoms. The van der Waals surface area contributed by atoms with Gasteiger partial charge in [0.15, 0.2) is 0 Å². The van der Waals surface area contributed by atoms with Crippen molar-refractivity contribution in [3.8, 4) is 22.5 Å². The molecule has 11 rings (SSSR count). The topological polar surface area (TPSA) is 27.2 Å². The number of hydrogen-bond donors (Lipinski definition) is 0. The van der Waals surface area contributed by atoms with Crippen molar-refractivity contribution in [3.63, 3.8) is 0 Å². The van der Waals surface area contributed by atoms with Crippen LogP contribution in [0.4, 0.5) is 0 Å². The molecule has 0 radical (unpaired) electrons. The molecular weight excluding hydrogens is 597 g/mol. The van der Waals surface area contributed by atoms with E-state index in [9.17, 15) is 0 Å². The maximum atomic E-state index is 4.66. The molecule has 0 atom stereocenters. The van der Waals surface area contributed by atoms with E-state index < -0.39 is 0 Å². The van der Waals surface area contributed by atoms with E-state index in [1.165, 1.54) is 71.2 Å². The Morgan fingerprint density at radius 1 is 0.388 bits per heavy atom. The van der Waals surface area contributed by atoms with Crippen LogP contribution in [0, 0.1) is 0 Å². The molecule has 0 spiro atoms. The summed E-state index contributed by atoms with van der Waals surface area (Å²) in [4.78, 5) is 4.66. The third kappa shape index (κ3) is 3.66. The highest BCUT2D eigenvalue weighted by molar-refractivity contribution is 6.23. The number of rotatable bonds is 3. The number of para-hydroxylation sites is 3. The molecule has 0 fully saturated rings. The van der Waals surface area contributed by atoms with Gasteiger partial charge in [-0.1, -0.05) is 97.1 Å². The van der Waals surface area contributed by atoms with Crippen LogP contribution in [0.1, 0.15) is 0 Å². The van der Waals surface area contributed by atoms with Crippen LogP contribution in [0.3, 0.4) is 0 Å². The summed E-state index contributed by atoms with van der Waals surface area (Å²) >= 11 is 0. The van der Waals surface area contributed by atoms with Gasteiger partial charge in [0.2, 0.25) is 0 Å². The van der Waals surface area contributed by atoms with Gasteiger partial charge in [-0.05, 0) is 77.2 Å². The number of aromatic nitrogens is 4. The predicted molar refractivity (Wildman–Crippen MR) is 204 cm³/mol. The molecule has 0 saturated heterocycles. The molecule has 4 heteroatoms. The molecule has 4 aromatic heterocycles. The number of pyridine rings is 1. The minimum atomic E-state index is 1.07. The summed E-state index contributed by atoms with van der Waals surface area (Å²) in [6, 6.07) is 57.3. The molecule has 49 heavy (non-hydrogen) atoms. The van der Waals surface area contributed by atoms with Crippen molar-refractivity contribution in [2.24, 2.45) is 0 Å². The number of benzene rings is 7. The quantitative estimate of drug-likeness (QED) is 0.192. The van der Waals surface area contributed by atoms with Gasteiger partial charge in [0.1, 0.15) is 0 Å². The Morgan fingerprint density at radius 2 is 1.08 bits per heavy atom. The molecule has 11 aromatic rings. The highest BCUT2D eigenvalue weighted by Crippen LogP contribution is 2.40. The van der Waals surface area contributed by atoms with E-state index in [0.29, 0.717) is 0 Å². The summed E-state index contributed by atoms with van der Waals surface area (Å²) in [6.45, 7) is 0.